The van der Waals surface area contributed by atoms with Gasteiger partial charge in [-0.2, -0.15) is 0 Å². The van der Waals surface area contributed by atoms with Gasteiger partial charge in [0.05, 0.1) is 6.10 Å². The molecule has 2 heteroatoms. The van der Waals surface area contributed by atoms with E-state index in [1.807, 2.05) is 18.2 Å². The second kappa shape index (κ2) is 6.10. The minimum Gasteiger partial charge on any atom is -0.382 e. The maximum absolute atomic E-state index is 11.6. The molecular weight excluding hydrogens is 260 g/mol. The molecule has 0 unspecified atom stereocenters. The largest absolute Gasteiger partial charge is 0.382 e. The van der Waals surface area contributed by atoms with Crippen LogP contribution in [0.25, 0.3) is 0 Å². The van der Waals surface area contributed by atoms with Crippen LogP contribution in [-0.4, -0.2) is 16.8 Å². The third-order valence-electron chi connectivity index (χ3n) is 5.42. The number of unbranched alkanes of at least 4 members (excludes halogenated alkanes) is 3. The number of aliphatic hydroxyl groups is 1. The lowest BCUT2D eigenvalue weighted by Gasteiger charge is -2.37. The fraction of sp³-hybridized carbons (Fsp3) is 0.684. The minimum absolute atomic E-state index is 0.280. The fourth-order valence-electron chi connectivity index (χ4n) is 4.14. The summed E-state index contributed by atoms with van der Waals surface area (Å²) in [6.07, 6.45) is 10.4. The van der Waals surface area contributed by atoms with Gasteiger partial charge in [0.25, 0.3) is 0 Å². The normalized spacial score (nSPS) is 30.5. The fourth-order valence-corrected chi connectivity index (χ4v) is 4.14. The smallest absolute Gasteiger partial charge is 0.127 e. The summed E-state index contributed by atoms with van der Waals surface area (Å²) >= 11 is 0. The van der Waals surface area contributed by atoms with E-state index in [0.29, 0.717) is 0 Å². The Hall–Kier alpha value is -0.860. The first kappa shape index (κ1) is 15.1. The summed E-state index contributed by atoms with van der Waals surface area (Å²) in [5.74, 6) is 0. The van der Waals surface area contributed by atoms with Crippen LogP contribution in [0, 0.1) is 0 Å². The molecule has 0 bridgehead atoms. The van der Waals surface area contributed by atoms with Crippen LogP contribution in [0.15, 0.2) is 30.3 Å². The quantitative estimate of drug-likeness (QED) is 0.589. The second-order valence-electron chi connectivity index (χ2n) is 6.78. The van der Waals surface area contributed by atoms with Crippen LogP contribution in [0.4, 0.5) is 0 Å². The highest BCUT2D eigenvalue weighted by molar-refractivity contribution is 5.31. The Morgan fingerprint density at radius 2 is 2.00 bits per heavy atom. The molecule has 2 fully saturated rings. The molecule has 0 radical (unpaired) electrons. The summed E-state index contributed by atoms with van der Waals surface area (Å²) < 4.78 is 6.09. The summed E-state index contributed by atoms with van der Waals surface area (Å²) in [4.78, 5) is 0. The van der Waals surface area contributed by atoms with E-state index in [-0.39, 0.29) is 11.7 Å². The zero-order chi connectivity index (χ0) is 14.8. The van der Waals surface area contributed by atoms with Gasteiger partial charge >= 0.3 is 0 Å². The molecular formula is C19H28O2. The van der Waals surface area contributed by atoms with Crippen molar-refractivity contribution in [3.63, 3.8) is 0 Å². The van der Waals surface area contributed by atoms with Crippen LogP contribution >= 0.6 is 0 Å². The minimum atomic E-state index is -0.799. The molecule has 1 aromatic carbocycles. The zero-order valence-electron chi connectivity index (χ0n) is 13.2. The van der Waals surface area contributed by atoms with Crippen molar-refractivity contribution in [3.05, 3.63) is 35.9 Å². The van der Waals surface area contributed by atoms with Crippen molar-refractivity contribution in [2.75, 3.05) is 0 Å². The number of fused-ring (bicyclic) bond motifs is 1. The molecule has 1 N–H and O–H groups in total. The Morgan fingerprint density at radius 3 is 2.71 bits per heavy atom. The second-order valence-corrected chi connectivity index (χ2v) is 6.78. The van der Waals surface area contributed by atoms with E-state index in [1.165, 1.54) is 32.1 Å². The molecule has 116 valence electrons. The maximum Gasteiger partial charge on any atom is 0.127 e. The zero-order valence-corrected chi connectivity index (χ0v) is 13.2. The van der Waals surface area contributed by atoms with E-state index >= 15 is 0 Å². The summed E-state index contributed by atoms with van der Waals surface area (Å²) in [7, 11) is 0. The van der Waals surface area contributed by atoms with E-state index in [2.05, 4.69) is 19.1 Å². The van der Waals surface area contributed by atoms with Crippen LogP contribution < -0.4 is 0 Å². The first-order valence-corrected chi connectivity index (χ1v) is 8.69. The first-order chi connectivity index (χ1) is 10.2. The lowest BCUT2D eigenvalue weighted by Crippen LogP contribution is -2.45. The van der Waals surface area contributed by atoms with Crippen molar-refractivity contribution >= 4 is 0 Å². The van der Waals surface area contributed by atoms with E-state index in [1.54, 1.807) is 0 Å². The highest BCUT2D eigenvalue weighted by atomic mass is 16.6. The van der Waals surface area contributed by atoms with E-state index in [9.17, 15) is 5.11 Å². The number of ether oxygens (including phenoxy) is 1. The molecule has 3 rings (SSSR count). The number of epoxide rings is 1. The monoisotopic (exact) mass is 288 g/mol. The Labute approximate surface area is 128 Å². The predicted molar refractivity (Wildman–Crippen MR) is 85.2 cm³/mol. The summed E-state index contributed by atoms with van der Waals surface area (Å²) in [6.45, 7) is 2.23. The molecule has 21 heavy (non-hydrogen) atoms. The van der Waals surface area contributed by atoms with Gasteiger partial charge in [0.1, 0.15) is 11.2 Å². The molecule has 2 nitrogen and oxygen atoms in total. The molecule has 0 amide bonds. The Bertz CT molecular complexity index is 458. The van der Waals surface area contributed by atoms with Crippen molar-refractivity contribution in [3.8, 4) is 0 Å². The molecule has 1 aromatic rings. The van der Waals surface area contributed by atoms with Crippen molar-refractivity contribution in [1.29, 1.82) is 0 Å². The summed E-state index contributed by atoms with van der Waals surface area (Å²) in [6, 6.07) is 10.2. The van der Waals surface area contributed by atoms with Gasteiger partial charge in [0.15, 0.2) is 0 Å². The van der Waals surface area contributed by atoms with Gasteiger partial charge in [0, 0.05) is 0 Å². The molecule has 1 saturated heterocycles. The highest BCUT2D eigenvalue weighted by Crippen LogP contribution is 2.59. The summed E-state index contributed by atoms with van der Waals surface area (Å²) in [5, 5.41) is 11.6. The van der Waals surface area contributed by atoms with Crippen molar-refractivity contribution in [2.24, 2.45) is 0 Å². The van der Waals surface area contributed by atoms with Crippen molar-refractivity contribution in [2.45, 2.75) is 82.0 Å². The topological polar surface area (TPSA) is 32.8 Å². The number of benzene rings is 1. The number of rotatable bonds is 7. The standard InChI is InChI=1S/C19H28O2/c1-2-3-4-9-14-18(20,16-11-6-5-7-12-16)19-15-10-8-13-17(19)21-19/h5-7,11-12,17,20H,2-4,8-10,13-15H2,1H3/t17-,18+,19+/m0/s1. The van der Waals surface area contributed by atoms with E-state index < -0.39 is 5.60 Å². The number of hydrogen-bond donors (Lipinski definition) is 1. The molecule has 0 spiro atoms. The van der Waals surface area contributed by atoms with E-state index in [0.717, 1.165) is 31.2 Å². The first-order valence-electron chi connectivity index (χ1n) is 8.69. The maximum atomic E-state index is 11.6. The lowest BCUT2D eigenvalue weighted by molar-refractivity contribution is -0.0583. The Kier molecular flexibility index (Phi) is 4.37. The molecule has 0 aromatic heterocycles. The predicted octanol–water partition coefficient (Wildman–Crippen LogP) is 4.56. The third kappa shape index (κ3) is 2.64. The molecule has 2 aliphatic rings. The highest BCUT2D eigenvalue weighted by Gasteiger charge is 2.68. The van der Waals surface area contributed by atoms with Gasteiger partial charge in [-0.1, -0.05) is 75.8 Å². The van der Waals surface area contributed by atoms with E-state index in [4.69, 9.17) is 4.74 Å². The molecule has 3 atom stereocenters. The number of hydrogen-bond acceptors (Lipinski definition) is 2. The average molecular weight is 288 g/mol. The van der Waals surface area contributed by atoms with Crippen molar-refractivity contribution < 1.29 is 9.84 Å². The average Bonchev–Trinajstić information content (AvgIpc) is 3.28. The van der Waals surface area contributed by atoms with Gasteiger partial charge in [0.2, 0.25) is 0 Å². The van der Waals surface area contributed by atoms with Crippen LogP contribution in [0.2, 0.25) is 0 Å². The van der Waals surface area contributed by atoms with Gasteiger partial charge in [-0.25, -0.2) is 0 Å². The molecule has 1 aliphatic carbocycles. The van der Waals surface area contributed by atoms with Gasteiger partial charge < -0.3 is 9.84 Å². The third-order valence-corrected chi connectivity index (χ3v) is 5.42. The Morgan fingerprint density at radius 1 is 1.19 bits per heavy atom. The lowest BCUT2D eigenvalue weighted by atomic mass is 9.70. The molecule has 1 saturated carbocycles. The van der Waals surface area contributed by atoms with Crippen LogP contribution in [0.1, 0.15) is 70.3 Å². The van der Waals surface area contributed by atoms with Gasteiger partial charge in [-0.05, 0) is 24.8 Å². The van der Waals surface area contributed by atoms with Crippen LogP contribution in [-0.2, 0) is 10.3 Å². The molecule has 1 heterocycles. The van der Waals surface area contributed by atoms with Gasteiger partial charge in [-0.3, -0.25) is 0 Å². The summed E-state index contributed by atoms with van der Waals surface area (Å²) in [5.41, 5.74) is -0.0442. The van der Waals surface area contributed by atoms with Gasteiger partial charge in [-0.15, -0.1) is 0 Å². The molecule has 1 aliphatic heterocycles. The van der Waals surface area contributed by atoms with Crippen LogP contribution in [0.5, 0.6) is 0 Å². The van der Waals surface area contributed by atoms with Crippen molar-refractivity contribution in [1.82, 2.24) is 0 Å². The van der Waals surface area contributed by atoms with Crippen LogP contribution in [0.3, 0.4) is 0 Å². The SMILES string of the molecule is CCCCCC[C@@](O)(c1ccccc1)[C@@]12CCCC[C@@H]1O2. The Balaban J connectivity index is 1.81.